The summed E-state index contributed by atoms with van der Waals surface area (Å²) < 4.78 is 5.02. The lowest BCUT2D eigenvalue weighted by molar-refractivity contribution is 0.108. The van der Waals surface area contributed by atoms with Gasteiger partial charge in [-0.1, -0.05) is 28.4 Å². The molecule has 0 aliphatic heterocycles. The van der Waals surface area contributed by atoms with Crippen LogP contribution in [0.1, 0.15) is 15.9 Å². The average Bonchev–Trinajstić information content (AvgIpc) is 2.27. The number of rotatable bonds is 5. The maximum Gasteiger partial charge on any atom is 0.253 e. The van der Waals surface area contributed by atoms with E-state index in [1.165, 1.54) is 19.2 Å². The zero-order valence-corrected chi connectivity index (χ0v) is 11.0. The van der Waals surface area contributed by atoms with Crippen LogP contribution in [0.5, 0.6) is 0 Å². The minimum Gasteiger partial charge on any atom is -0.476 e. The van der Waals surface area contributed by atoms with Crippen LogP contribution in [0.4, 0.5) is 0 Å². The van der Waals surface area contributed by atoms with Crippen molar-refractivity contribution < 1.29 is 14.4 Å². The number of hydrogen-bond acceptors (Lipinski definition) is 4. The summed E-state index contributed by atoms with van der Waals surface area (Å²) in [7, 11) is 1.38. The van der Waals surface area contributed by atoms with Crippen molar-refractivity contribution in [3.63, 3.8) is 0 Å². The fraction of sp³-hybridized carbons (Fsp3) is 0.200. The quantitative estimate of drug-likeness (QED) is 0.362. The van der Waals surface area contributed by atoms with E-state index in [-0.39, 0.29) is 17.2 Å². The molecule has 4 nitrogen and oxygen atoms in total. The van der Waals surface area contributed by atoms with Gasteiger partial charge in [0.25, 0.3) is 5.24 Å². The Labute approximate surface area is 113 Å². The van der Waals surface area contributed by atoms with Crippen LogP contribution in [0.3, 0.4) is 0 Å². The van der Waals surface area contributed by atoms with Crippen LogP contribution in [0, 0.1) is 0 Å². The molecule has 0 saturated heterocycles. The van der Waals surface area contributed by atoms with Crippen molar-refractivity contribution >= 4 is 46.4 Å². The van der Waals surface area contributed by atoms with Crippen molar-refractivity contribution in [1.82, 2.24) is 0 Å². The van der Waals surface area contributed by atoms with Crippen LogP contribution in [0.2, 0.25) is 10.0 Å². The highest BCUT2D eigenvalue weighted by Gasteiger charge is 2.14. The molecule has 1 aromatic carbocycles. The van der Waals surface area contributed by atoms with E-state index < -0.39 is 5.24 Å². The summed E-state index contributed by atoms with van der Waals surface area (Å²) in [5.41, 5.74) is 0.641. The van der Waals surface area contributed by atoms with E-state index in [0.717, 1.165) is 6.40 Å². The Hall–Kier alpha value is -0.970. The van der Waals surface area contributed by atoms with Gasteiger partial charge in [-0.15, -0.1) is 0 Å². The second kappa shape index (κ2) is 6.69. The first-order valence-electron chi connectivity index (χ1n) is 4.41. The standard InChI is InChI=1S/C10H8Cl3NO3/c1-16-14-5-17-4-7-8(11)3-2-6(9(7)12)10(13)15/h2-3,5H,4H2,1H3. The van der Waals surface area contributed by atoms with E-state index in [0.29, 0.717) is 10.6 Å². The molecular weight excluding hydrogens is 288 g/mol. The smallest absolute Gasteiger partial charge is 0.253 e. The molecule has 7 heteroatoms. The lowest BCUT2D eigenvalue weighted by Crippen LogP contribution is -1.98. The topological polar surface area (TPSA) is 47.9 Å². The molecule has 0 aliphatic rings. The molecule has 0 aromatic heterocycles. The largest absolute Gasteiger partial charge is 0.476 e. The van der Waals surface area contributed by atoms with Gasteiger partial charge in [0.2, 0.25) is 6.40 Å². The Morgan fingerprint density at radius 1 is 1.47 bits per heavy atom. The molecule has 0 fully saturated rings. The molecule has 0 aliphatic carbocycles. The highest BCUT2D eigenvalue weighted by atomic mass is 35.5. The Bertz CT molecular complexity index is 449. The maximum atomic E-state index is 11.1. The summed E-state index contributed by atoms with van der Waals surface area (Å²) in [5, 5.41) is 3.27. The minimum atomic E-state index is -0.654. The third kappa shape index (κ3) is 3.77. The molecule has 1 rings (SSSR count). The van der Waals surface area contributed by atoms with Crippen molar-refractivity contribution in [2.24, 2.45) is 5.16 Å². The van der Waals surface area contributed by atoms with Crippen molar-refractivity contribution in [3.8, 4) is 0 Å². The summed E-state index contributed by atoms with van der Waals surface area (Å²) in [6.07, 6.45) is 1.10. The molecule has 0 saturated carbocycles. The predicted octanol–water partition coefficient (Wildman–Crippen LogP) is 3.48. The molecule has 0 unspecified atom stereocenters. The van der Waals surface area contributed by atoms with E-state index in [9.17, 15) is 4.79 Å². The zero-order valence-electron chi connectivity index (χ0n) is 8.75. The van der Waals surface area contributed by atoms with E-state index in [2.05, 4.69) is 9.99 Å². The molecule has 0 N–H and O–H groups in total. The highest BCUT2D eigenvalue weighted by Crippen LogP contribution is 2.29. The second-order valence-electron chi connectivity index (χ2n) is 2.87. The van der Waals surface area contributed by atoms with Crippen molar-refractivity contribution in [3.05, 3.63) is 33.3 Å². The first-order valence-corrected chi connectivity index (χ1v) is 5.54. The van der Waals surface area contributed by atoms with Gasteiger partial charge in [0.1, 0.15) is 13.7 Å². The SMILES string of the molecule is CON=COCc1c(Cl)ccc(C(=O)Cl)c1Cl. The Balaban J connectivity index is 2.93. The summed E-state index contributed by atoms with van der Waals surface area (Å²) >= 11 is 17.3. The van der Waals surface area contributed by atoms with Crippen molar-refractivity contribution in [2.75, 3.05) is 7.11 Å². The van der Waals surface area contributed by atoms with Gasteiger partial charge in [-0.3, -0.25) is 4.79 Å². The molecule has 17 heavy (non-hydrogen) atoms. The molecule has 0 atom stereocenters. The number of carbonyl (C=O) groups is 1. The number of oxime groups is 1. The summed E-state index contributed by atoms with van der Waals surface area (Å²) in [4.78, 5) is 15.5. The maximum absolute atomic E-state index is 11.1. The molecule has 0 bridgehead atoms. The molecule has 92 valence electrons. The molecule has 1 aromatic rings. The van der Waals surface area contributed by atoms with Gasteiger partial charge in [-0.25, -0.2) is 0 Å². The van der Waals surface area contributed by atoms with E-state index in [4.69, 9.17) is 39.5 Å². The fourth-order valence-corrected chi connectivity index (χ4v) is 1.85. The predicted molar refractivity (Wildman–Crippen MR) is 66.9 cm³/mol. The van der Waals surface area contributed by atoms with Gasteiger partial charge < -0.3 is 9.57 Å². The second-order valence-corrected chi connectivity index (χ2v) is 3.99. The first kappa shape index (κ1) is 14.1. The number of carbonyl (C=O) groups excluding carboxylic acids is 1. The first-order chi connectivity index (χ1) is 8.07. The number of halogens is 3. The third-order valence-corrected chi connectivity index (χ3v) is 2.84. The van der Waals surface area contributed by atoms with Crippen molar-refractivity contribution in [1.29, 1.82) is 0 Å². The Kier molecular flexibility index (Phi) is 5.55. The van der Waals surface area contributed by atoms with Crippen LogP contribution in [0.25, 0.3) is 0 Å². The monoisotopic (exact) mass is 295 g/mol. The fourth-order valence-electron chi connectivity index (χ4n) is 1.08. The number of benzene rings is 1. The van der Waals surface area contributed by atoms with Crippen LogP contribution in [0.15, 0.2) is 17.3 Å². The Morgan fingerprint density at radius 2 is 2.18 bits per heavy atom. The summed E-state index contributed by atoms with van der Waals surface area (Å²) in [6.45, 7) is 0.0581. The Morgan fingerprint density at radius 3 is 2.76 bits per heavy atom. The van der Waals surface area contributed by atoms with Gasteiger partial charge in [0.15, 0.2) is 0 Å². The van der Waals surface area contributed by atoms with Crippen molar-refractivity contribution in [2.45, 2.75) is 6.61 Å². The average molecular weight is 297 g/mol. The van der Waals surface area contributed by atoms with E-state index in [1.807, 2.05) is 0 Å². The number of nitrogens with zero attached hydrogens (tertiary/aromatic N) is 1. The van der Waals surface area contributed by atoms with Crippen LogP contribution in [-0.2, 0) is 16.2 Å². The lowest BCUT2D eigenvalue weighted by Gasteiger charge is -2.08. The molecule has 0 amide bonds. The van der Waals surface area contributed by atoms with Gasteiger partial charge in [0, 0.05) is 10.6 Å². The molecular formula is C10H8Cl3NO3. The zero-order chi connectivity index (χ0) is 12.8. The van der Waals surface area contributed by atoms with Crippen LogP contribution < -0.4 is 0 Å². The van der Waals surface area contributed by atoms with Crippen LogP contribution >= 0.6 is 34.8 Å². The molecule has 0 radical (unpaired) electrons. The minimum absolute atomic E-state index is 0.0581. The summed E-state index contributed by atoms with van der Waals surface area (Å²) in [6, 6.07) is 2.97. The third-order valence-electron chi connectivity index (χ3n) is 1.85. The summed E-state index contributed by atoms with van der Waals surface area (Å²) in [5.74, 6) is 0. The van der Waals surface area contributed by atoms with Crippen LogP contribution in [-0.4, -0.2) is 18.8 Å². The van der Waals surface area contributed by atoms with E-state index in [1.54, 1.807) is 0 Å². The molecule has 0 heterocycles. The van der Waals surface area contributed by atoms with Gasteiger partial charge in [-0.05, 0) is 23.7 Å². The normalized spacial score (nSPS) is 10.6. The number of ether oxygens (including phenoxy) is 1. The van der Waals surface area contributed by atoms with Gasteiger partial charge in [0.05, 0.1) is 10.6 Å². The van der Waals surface area contributed by atoms with E-state index >= 15 is 0 Å². The van der Waals surface area contributed by atoms with Gasteiger partial charge in [-0.2, -0.15) is 0 Å². The highest BCUT2D eigenvalue weighted by molar-refractivity contribution is 6.68. The van der Waals surface area contributed by atoms with Gasteiger partial charge >= 0.3 is 0 Å². The number of hydrogen-bond donors (Lipinski definition) is 0. The molecule has 0 spiro atoms. The lowest BCUT2D eigenvalue weighted by atomic mass is 10.1.